The number of nitrogens with one attached hydrogen (secondary N) is 1. The molecule has 0 amide bonds. The lowest BCUT2D eigenvalue weighted by atomic mass is 10.1. The highest BCUT2D eigenvalue weighted by atomic mass is 32.2. The standard InChI is InChI=1S/C23H23FN2O5S/c1-3-31-17-8-10-18(11-9-17)32(28,29)22(21-6-4-5-13-25-21)26-15-16-7-12-19(20(24)14-16)23(27)30-2/h4-14,22,26H,3,15H2,1-2H3. The van der Waals surface area contributed by atoms with Crippen molar-refractivity contribution in [3.05, 3.63) is 89.5 Å². The molecule has 0 radical (unpaired) electrons. The lowest BCUT2D eigenvalue weighted by Crippen LogP contribution is -2.29. The number of ether oxygens (including phenoxy) is 2. The second kappa shape index (κ2) is 10.3. The van der Waals surface area contributed by atoms with Crippen LogP contribution in [0.2, 0.25) is 0 Å². The van der Waals surface area contributed by atoms with Crippen LogP contribution in [0.1, 0.15) is 33.9 Å². The van der Waals surface area contributed by atoms with Gasteiger partial charge in [-0.3, -0.25) is 10.3 Å². The number of hydrogen-bond acceptors (Lipinski definition) is 7. The maximum atomic E-state index is 14.3. The molecule has 0 saturated heterocycles. The highest BCUT2D eigenvalue weighted by molar-refractivity contribution is 7.91. The van der Waals surface area contributed by atoms with Gasteiger partial charge < -0.3 is 9.47 Å². The van der Waals surface area contributed by atoms with E-state index in [1.54, 1.807) is 30.3 Å². The van der Waals surface area contributed by atoms with Crippen molar-refractivity contribution in [3.63, 3.8) is 0 Å². The van der Waals surface area contributed by atoms with Crippen LogP contribution in [-0.4, -0.2) is 33.1 Å². The van der Waals surface area contributed by atoms with E-state index < -0.39 is 27.0 Å². The second-order valence-corrected chi connectivity index (χ2v) is 8.80. The predicted octanol–water partition coefficient (Wildman–Crippen LogP) is 3.67. The van der Waals surface area contributed by atoms with Crippen LogP contribution in [0, 0.1) is 5.82 Å². The first-order valence-electron chi connectivity index (χ1n) is 9.84. The number of methoxy groups -OCH3 is 1. The Bertz CT molecular complexity index is 1170. The first kappa shape index (κ1) is 23.4. The fourth-order valence-electron chi connectivity index (χ4n) is 3.09. The highest BCUT2D eigenvalue weighted by Gasteiger charge is 2.30. The lowest BCUT2D eigenvalue weighted by molar-refractivity contribution is 0.0595. The maximum Gasteiger partial charge on any atom is 0.340 e. The predicted molar refractivity (Wildman–Crippen MR) is 116 cm³/mol. The Kier molecular flexibility index (Phi) is 7.55. The number of halogens is 1. The van der Waals surface area contributed by atoms with E-state index in [0.717, 1.165) is 6.07 Å². The Morgan fingerprint density at radius 2 is 1.88 bits per heavy atom. The Labute approximate surface area is 186 Å². The summed E-state index contributed by atoms with van der Waals surface area (Å²) in [5, 5.41) is 1.78. The van der Waals surface area contributed by atoms with Gasteiger partial charge in [-0.2, -0.15) is 0 Å². The molecule has 9 heteroatoms. The first-order chi connectivity index (χ1) is 15.4. The number of carbonyl (C=O) groups is 1. The van der Waals surface area contributed by atoms with Crippen molar-refractivity contribution in [3.8, 4) is 5.75 Å². The highest BCUT2D eigenvalue weighted by Crippen LogP contribution is 2.27. The number of rotatable bonds is 9. The van der Waals surface area contributed by atoms with Crippen LogP contribution in [0.15, 0.2) is 71.8 Å². The zero-order valence-corrected chi connectivity index (χ0v) is 18.4. The molecule has 3 rings (SSSR count). The van der Waals surface area contributed by atoms with E-state index in [2.05, 4.69) is 15.0 Å². The third-order valence-electron chi connectivity index (χ3n) is 4.66. The Morgan fingerprint density at radius 3 is 2.47 bits per heavy atom. The molecule has 1 aromatic heterocycles. The molecule has 0 bridgehead atoms. The van der Waals surface area contributed by atoms with Crippen molar-refractivity contribution in [2.75, 3.05) is 13.7 Å². The molecule has 2 aromatic carbocycles. The number of sulfone groups is 1. The minimum atomic E-state index is -3.89. The molecule has 168 valence electrons. The molecule has 0 aliphatic carbocycles. The van der Waals surface area contributed by atoms with Gasteiger partial charge in [0.15, 0.2) is 15.2 Å². The summed E-state index contributed by atoms with van der Waals surface area (Å²) >= 11 is 0. The summed E-state index contributed by atoms with van der Waals surface area (Å²) in [5.41, 5.74) is 0.561. The fourth-order valence-corrected chi connectivity index (χ4v) is 4.63. The van der Waals surface area contributed by atoms with E-state index in [1.807, 2.05) is 6.92 Å². The molecule has 0 saturated carbocycles. The number of aromatic nitrogens is 1. The van der Waals surface area contributed by atoms with Gasteiger partial charge in [0.05, 0.1) is 29.9 Å². The van der Waals surface area contributed by atoms with Gasteiger partial charge in [-0.05, 0) is 61.0 Å². The van der Waals surface area contributed by atoms with Crippen LogP contribution < -0.4 is 10.1 Å². The molecule has 1 N–H and O–H groups in total. The molecular formula is C23H23FN2O5S. The van der Waals surface area contributed by atoms with Gasteiger partial charge in [0.2, 0.25) is 0 Å². The van der Waals surface area contributed by atoms with Gasteiger partial charge in [0.25, 0.3) is 0 Å². The number of esters is 1. The summed E-state index contributed by atoms with van der Waals surface area (Å²) in [4.78, 5) is 15.9. The normalized spacial score (nSPS) is 12.2. The van der Waals surface area contributed by atoms with E-state index >= 15 is 0 Å². The second-order valence-electron chi connectivity index (χ2n) is 6.77. The van der Waals surface area contributed by atoms with Gasteiger partial charge >= 0.3 is 5.97 Å². The molecule has 7 nitrogen and oxygen atoms in total. The Hall–Kier alpha value is -3.30. The lowest BCUT2D eigenvalue weighted by Gasteiger charge is -2.19. The van der Waals surface area contributed by atoms with E-state index in [0.29, 0.717) is 23.6 Å². The Balaban J connectivity index is 1.89. The minimum Gasteiger partial charge on any atom is -0.494 e. The third-order valence-corrected chi connectivity index (χ3v) is 6.62. The molecule has 0 aliphatic rings. The average molecular weight is 459 g/mol. The summed E-state index contributed by atoms with van der Waals surface area (Å²) < 4.78 is 51.0. The van der Waals surface area contributed by atoms with Gasteiger partial charge in [-0.15, -0.1) is 0 Å². The fraction of sp³-hybridized carbons (Fsp3) is 0.217. The largest absolute Gasteiger partial charge is 0.494 e. The summed E-state index contributed by atoms with van der Waals surface area (Å²) in [6.45, 7) is 2.33. The number of pyridine rings is 1. The summed E-state index contributed by atoms with van der Waals surface area (Å²) in [7, 11) is -2.72. The average Bonchev–Trinajstić information content (AvgIpc) is 2.80. The molecule has 1 atom stereocenters. The van der Waals surface area contributed by atoms with Gasteiger partial charge in [0.1, 0.15) is 11.6 Å². The van der Waals surface area contributed by atoms with E-state index in [-0.39, 0.29) is 17.0 Å². The van der Waals surface area contributed by atoms with Crippen molar-refractivity contribution in [1.29, 1.82) is 0 Å². The number of benzene rings is 2. The summed E-state index contributed by atoms with van der Waals surface area (Å²) in [6, 6.07) is 15.1. The van der Waals surface area contributed by atoms with Crippen LogP contribution >= 0.6 is 0 Å². The zero-order valence-electron chi connectivity index (χ0n) is 17.6. The quantitative estimate of drug-likeness (QED) is 0.489. The van der Waals surface area contributed by atoms with Crippen molar-refractivity contribution >= 4 is 15.8 Å². The van der Waals surface area contributed by atoms with Crippen LogP contribution in [0.5, 0.6) is 5.75 Å². The first-order valence-corrected chi connectivity index (χ1v) is 11.4. The maximum absolute atomic E-state index is 14.3. The SMILES string of the molecule is CCOc1ccc(S(=O)(=O)C(NCc2ccc(C(=O)OC)c(F)c2)c2ccccn2)cc1. The molecule has 0 fully saturated rings. The van der Waals surface area contributed by atoms with Crippen LogP contribution in [0.3, 0.4) is 0 Å². The van der Waals surface area contributed by atoms with Gasteiger partial charge in [-0.25, -0.2) is 17.6 Å². The van der Waals surface area contributed by atoms with E-state index in [1.165, 1.54) is 37.6 Å². The van der Waals surface area contributed by atoms with Gasteiger partial charge in [-0.1, -0.05) is 12.1 Å². The zero-order chi connectivity index (χ0) is 23.1. The molecular weight excluding hydrogens is 435 g/mol. The van der Waals surface area contributed by atoms with Gasteiger partial charge in [0, 0.05) is 12.7 Å². The summed E-state index contributed by atoms with van der Waals surface area (Å²) in [5.74, 6) is -0.971. The van der Waals surface area contributed by atoms with E-state index in [4.69, 9.17) is 4.74 Å². The molecule has 0 spiro atoms. The molecule has 0 aliphatic heterocycles. The third kappa shape index (κ3) is 5.30. The van der Waals surface area contributed by atoms with E-state index in [9.17, 15) is 17.6 Å². The molecule has 32 heavy (non-hydrogen) atoms. The van der Waals surface area contributed by atoms with Crippen molar-refractivity contribution < 1.29 is 27.1 Å². The Morgan fingerprint density at radius 1 is 1.12 bits per heavy atom. The molecule has 1 heterocycles. The summed E-state index contributed by atoms with van der Waals surface area (Å²) in [6.07, 6.45) is 1.50. The number of nitrogens with zero attached hydrogens (tertiary/aromatic N) is 1. The van der Waals surface area contributed by atoms with Crippen molar-refractivity contribution in [2.24, 2.45) is 0 Å². The van der Waals surface area contributed by atoms with Crippen molar-refractivity contribution in [1.82, 2.24) is 10.3 Å². The number of carbonyl (C=O) groups excluding carboxylic acids is 1. The topological polar surface area (TPSA) is 94.6 Å². The molecule has 1 unspecified atom stereocenters. The molecule has 3 aromatic rings. The monoisotopic (exact) mass is 458 g/mol. The van der Waals surface area contributed by atoms with Crippen LogP contribution in [0.25, 0.3) is 0 Å². The number of hydrogen-bond donors (Lipinski definition) is 1. The minimum absolute atomic E-state index is 0.0237. The van der Waals surface area contributed by atoms with Crippen LogP contribution in [-0.2, 0) is 21.1 Å². The van der Waals surface area contributed by atoms with Crippen molar-refractivity contribution in [2.45, 2.75) is 23.7 Å². The smallest absolute Gasteiger partial charge is 0.340 e. The van der Waals surface area contributed by atoms with Crippen LogP contribution in [0.4, 0.5) is 4.39 Å².